The summed E-state index contributed by atoms with van der Waals surface area (Å²) < 4.78 is 22.9. The van der Waals surface area contributed by atoms with Crippen molar-refractivity contribution in [1.29, 1.82) is 0 Å². The molecule has 0 spiro atoms. The molecule has 2 aromatic rings. The van der Waals surface area contributed by atoms with Crippen LogP contribution in [0.4, 0.5) is 0 Å². The Morgan fingerprint density at radius 1 is 1.24 bits per heavy atom. The van der Waals surface area contributed by atoms with Crippen molar-refractivity contribution in [2.45, 2.75) is 37.9 Å². The summed E-state index contributed by atoms with van der Waals surface area (Å²) >= 11 is 7.22. The summed E-state index contributed by atoms with van der Waals surface area (Å²) in [5.41, 5.74) is 1.18. The number of nitrogens with two attached hydrogens (primary N) is 1. The number of nitrogens with one attached hydrogen (secondary N) is 2. The Bertz CT molecular complexity index is 930. The predicted octanol–water partition coefficient (Wildman–Crippen LogP) is 3.99. The molecule has 10 heteroatoms. The van der Waals surface area contributed by atoms with E-state index in [2.05, 4.69) is 35.5 Å². The third-order valence-electron chi connectivity index (χ3n) is 3.96. The molecule has 4 N–H and O–H groups in total. The fraction of sp³-hybridized carbons (Fsp3) is 0.421. The molecular formula is C19H28ClIN4O2S2. The third-order valence-corrected chi connectivity index (χ3v) is 6.70. The average molecular weight is 571 g/mol. The van der Waals surface area contributed by atoms with Gasteiger partial charge in [-0.3, -0.25) is 0 Å². The van der Waals surface area contributed by atoms with Crippen molar-refractivity contribution in [2.24, 2.45) is 15.5 Å². The van der Waals surface area contributed by atoms with Gasteiger partial charge < -0.3 is 10.6 Å². The van der Waals surface area contributed by atoms with Gasteiger partial charge in [-0.05, 0) is 48.6 Å². The fourth-order valence-corrected chi connectivity index (χ4v) is 4.60. The Morgan fingerprint density at radius 2 is 1.97 bits per heavy atom. The molecule has 29 heavy (non-hydrogen) atoms. The summed E-state index contributed by atoms with van der Waals surface area (Å²) in [6.45, 7) is 8.19. The van der Waals surface area contributed by atoms with Crippen molar-refractivity contribution >= 4 is 62.9 Å². The number of sulfonamides is 1. The Kier molecular flexibility index (Phi) is 10.4. The summed E-state index contributed by atoms with van der Waals surface area (Å²) in [6.07, 6.45) is 0.878. The molecule has 0 radical (unpaired) electrons. The van der Waals surface area contributed by atoms with Crippen molar-refractivity contribution in [2.75, 3.05) is 13.1 Å². The summed E-state index contributed by atoms with van der Waals surface area (Å²) in [5.74, 6) is 0.687. The van der Waals surface area contributed by atoms with Crippen molar-refractivity contribution in [3.63, 3.8) is 0 Å². The van der Waals surface area contributed by atoms with Crippen LogP contribution in [0.2, 0.25) is 5.02 Å². The molecule has 0 fully saturated rings. The van der Waals surface area contributed by atoms with Crippen LogP contribution in [0.15, 0.2) is 45.6 Å². The van der Waals surface area contributed by atoms with Gasteiger partial charge >= 0.3 is 0 Å². The topological polar surface area (TPSA) is 96.6 Å². The van der Waals surface area contributed by atoms with E-state index in [0.29, 0.717) is 12.5 Å². The van der Waals surface area contributed by atoms with Gasteiger partial charge in [0.1, 0.15) is 4.21 Å². The zero-order valence-corrected chi connectivity index (χ0v) is 21.5. The van der Waals surface area contributed by atoms with Crippen LogP contribution in [-0.2, 0) is 23.0 Å². The van der Waals surface area contributed by atoms with Crippen LogP contribution in [0.5, 0.6) is 0 Å². The number of guanidine groups is 1. The summed E-state index contributed by atoms with van der Waals surface area (Å²) in [4.78, 5) is 5.38. The van der Waals surface area contributed by atoms with E-state index in [4.69, 9.17) is 16.7 Å². The highest BCUT2D eigenvalue weighted by Crippen LogP contribution is 2.23. The molecule has 6 nitrogen and oxygen atoms in total. The highest BCUT2D eigenvalue weighted by atomic mass is 127. The number of hydrogen-bond acceptors (Lipinski definition) is 4. The van der Waals surface area contributed by atoms with Gasteiger partial charge in [-0.2, -0.15) is 0 Å². The standard InChI is InChI=1S/C19H27ClN4O2S2.HI/c1-4-22-18(23-12-16-8-9-17(27-16)28(21,25)26)24-13-19(2,3)11-14-6-5-7-15(20)10-14;/h5-10H,4,11-13H2,1-3H3,(H2,21,25,26)(H2,22,23,24);1H. The van der Waals surface area contributed by atoms with E-state index in [9.17, 15) is 8.42 Å². The molecule has 0 aliphatic rings. The number of aliphatic imine (C=N–C) groups is 1. The predicted molar refractivity (Wildman–Crippen MR) is 133 cm³/mol. The molecule has 0 aliphatic heterocycles. The zero-order chi connectivity index (χ0) is 20.8. The van der Waals surface area contributed by atoms with Crippen molar-refractivity contribution < 1.29 is 8.42 Å². The van der Waals surface area contributed by atoms with Crippen LogP contribution < -0.4 is 15.8 Å². The monoisotopic (exact) mass is 570 g/mol. The molecule has 0 saturated carbocycles. The Hall–Kier alpha value is -0.880. The van der Waals surface area contributed by atoms with Crippen LogP contribution in [0.1, 0.15) is 31.2 Å². The smallest absolute Gasteiger partial charge is 0.247 e. The number of rotatable bonds is 8. The van der Waals surface area contributed by atoms with Gasteiger partial charge in [0, 0.05) is 23.0 Å². The van der Waals surface area contributed by atoms with Crippen LogP contribution in [0.3, 0.4) is 0 Å². The van der Waals surface area contributed by atoms with E-state index in [1.165, 1.54) is 11.6 Å². The Labute approximate surface area is 199 Å². The van der Waals surface area contributed by atoms with E-state index < -0.39 is 10.0 Å². The van der Waals surface area contributed by atoms with Crippen molar-refractivity contribution in [1.82, 2.24) is 10.6 Å². The SMILES string of the molecule is CCNC(=NCc1ccc(S(N)(=O)=O)s1)NCC(C)(C)Cc1cccc(Cl)c1.I. The Morgan fingerprint density at radius 3 is 2.55 bits per heavy atom. The second-order valence-corrected chi connectivity index (χ2v) is 10.7. The molecule has 0 atom stereocenters. The molecule has 1 aromatic carbocycles. The highest BCUT2D eigenvalue weighted by Gasteiger charge is 2.19. The first-order valence-electron chi connectivity index (χ1n) is 8.97. The van der Waals surface area contributed by atoms with E-state index >= 15 is 0 Å². The number of hydrogen-bond donors (Lipinski definition) is 3. The molecule has 0 amide bonds. The van der Waals surface area contributed by atoms with E-state index in [-0.39, 0.29) is 33.6 Å². The van der Waals surface area contributed by atoms with E-state index in [1.54, 1.807) is 6.07 Å². The first kappa shape index (κ1) is 26.2. The van der Waals surface area contributed by atoms with Crippen LogP contribution in [-0.4, -0.2) is 27.5 Å². The third kappa shape index (κ3) is 9.20. The lowest BCUT2D eigenvalue weighted by atomic mass is 9.86. The number of primary sulfonamides is 1. The summed E-state index contributed by atoms with van der Waals surface area (Å²) in [6, 6.07) is 11.1. The number of thiophene rings is 1. The number of halogens is 2. The van der Waals surface area contributed by atoms with Crippen LogP contribution >= 0.6 is 46.9 Å². The maximum absolute atomic E-state index is 11.4. The lowest BCUT2D eigenvalue weighted by Crippen LogP contribution is -2.42. The van der Waals surface area contributed by atoms with E-state index in [1.807, 2.05) is 25.1 Å². The fourth-order valence-electron chi connectivity index (χ4n) is 2.68. The molecule has 0 saturated heterocycles. The van der Waals surface area contributed by atoms with E-state index in [0.717, 1.165) is 40.7 Å². The second kappa shape index (κ2) is 11.5. The molecule has 2 rings (SSSR count). The van der Waals surface area contributed by atoms with Gasteiger partial charge in [-0.25, -0.2) is 18.5 Å². The number of nitrogens with zero attached hydrogens (tertiary/aromatic N) is 1. The van der Waals surface area contributed by atoms with Gasteiger partial charge in [0.2, 0.25) is 10.0 Å². The van der Waals surface area contributed by atoms with Crippen molar-refractivity contribution in [3.8, 4) is 0 Å². The van der Waals surface area contributed by atoms with Gasteiger partial charge in [0.25, 0.3) is 0 Å². The molecule has 162 valence electrons. The summed E-state index contributed by atoms with van der Waals surface area (Å²) in [5, 5.41) is 12.5. The maximum atomic E-state index is 11.4. The van der Waals surface area contributed by atoms with Gasteiger partial charge in [0.15, 0.2) is 5.96 Å². The lowest BCUT2D eigenvalue weighted by molar-refractivity contribution is 0.359. The first-order valence-corrected chi connectivity index (χ1v) is 11.7. The van der Waals surface area contributed by atoms with Gasteiger partial charge in [-0.15, -0.1) is 35.3 Å². The molecule has 1 heterocycles. The maximum Gasteiger partial charge on any atom is 0.247 e. The van der Waals surface area contributed by atoms with Crippen LogP contribution in [0.25, 0.3) is 0 Å². The second-order valence-electron chi connectivity index (χ2n) is 7.29. The normalized spacial score (nSPS) is 12.4. The quantitative estimate of drug-likeness (QED) is 0.254. The number of benzene rings is 1. The summed E-state index contributed by atoms with van der Waals surface area (Å²) in [7, 11) is -3.66. The molecule has 0 unspecified atom stereocenters. The minimum Gasteiger partial charge on any atom is -0.357 e. The minimum atomic E-state index is -3.66. The van der Waals surface area contributed by atoms with Crippen LogP contribution in [0, 0.1) is 5.41 Å². The Balaban J connectivity index is 0.00000420. The molecule has 0 aliphatic carbocycles. The van der Waals surface area contributed by atoms with Gasteiger partial charge in [-0.1, -0.05) is 37.6 Å². The molecule has 0 bridgehead atoms. The lowest BCUT2D eigenvalue weighted by Gasteiger charge is -2.26. The largest absolute Gasteiger partial charge is 0.357 e. The molecule has 1 aromatic heterocycles. The highest BCUT2D eigenvalue weighted by molar-refractivity contribution is 14.0. The first-order chi connectivity index (χ1) is 13.1. The minimum absolute atomic E-state index is 0. The molecular weight excluding hydrogens is 543 g/mol. The van der Waals surface area contributed by atoms with Crippen molar-refractivity contribution in [3.05, 3.63) is 51.9 Å². The average Bonchev–Trinajstić information content (AvgIpc) is 3.06. The zero-order valence-electron chi connectivity index (χ0n) is 16.7. The van der Waals surface area contributed by atoms with Gasteiger partial charge in [0.05, 0.1) is 6.54 Å².